The molecule has 0 aliphatic carbocycles. The molecule has 0 unspecified atom stereocenters. The Kier molecular flexibility index (Phi) is 10.2. The third kappa shape index (κ3) is 8.02. The van der Waals surface area contributed by atoms with E-state index >= 15 is 0 Å². The molecule has 0 spiro atoms. The first-order chi connectivity index (χ1) is 16.4. The van der Waals surface area contributed by atoms with Crippen LogP contribution >= 0.6 is 23.2 Å². The largest absolute Gasteiger partial charge is 0.497 e. The molecule has 0 saturated heterocycles. The van der Waals surface area contributed by atoms with Gasteiger partial charge in [0.05, 0.1) is 29.1 Å². The van der Waals surface area contributed by atoms with Gasteiger partial charge in [0, 0.05) is 12.6 Å². The normalized spacial score (nSPS) is 12.2. The van der Waals surface area contributed by atoms with Gasteiger partial charge in [-0.25, -0.2) is 8.42 Å². The Bertz CT molecular complexity index is 1140. The first kappa shape index (κ1) is 28.7. The Balaban J connectivity index is 2.45. The fourth-order valence-corrected chi connectivity index (χ4v) is 4.67. The maximum absolute atomic E-state index is 13.6. The molecule has 0 bridgehead atoms. The van der Waals surface area contributed by atoms with Crippen molar-refractivity contribution in [3.8, 4) is 5.75 Å². The van der Waals surface area contributed by atoms with Gasteiger partial charge < -0.3 is 15.0 Å². The Labute approximate surface area is 217 Å². The number of hydrogen-bond donors (Lipinski definition) is 1. The van der Waals surface area contributed by atoms with Crippen molar-refractivity contribution in [2.24, 2.45) is 0 Å². The number of carbonyl (C=O) groups is 2. The van der Waals surface area contributed by atoms with Crippen molar-refractivity contribution in [3.63, 3.8) is 0 Å². The fourth-order valence-electron chi connectivity index (χ4n) is 3.50. The van der Waals surface area contributed by atoms with Crippen molar-refractivity contribution >= 4 is 50.7 Å². The van der Waals surface area contributed by atoms with E-state index in [2.05, 4.69) is 5.32 Å². The molecule has 0 saturated carbocycles. The van der Waals surface area contributed by atoms with E-state index in [1.165, 1.54) is 12.0 Å². The predicted octanol–water partition coefficient (Wildman–Crippen LogP) is 4.10. The molecule has 1 atom stereocenters. The van der Waals surface area contributed by atoms with E-state index in [0.717, 1.165) is 10.6 Å². The van der Waals surface area contributed by atoms with Gasteiger partial charge in [0.2, 0.25) is 21.8 Å². The third-order valence-corrected chi connectivity index (χ3v) is 7.07. The fraction of sp³-hybridized carbons (Fsp3) is 0.417. The lowest BCUT2D eigenvalue weighted by molar-refractivity contribution is -0.140. The molecule has 0 heterocycles. The zero-order valence-electron chi connectivity index (χ0n) is 20.4. The molecule has 0 aliphatic heterocycles. The lowest BCUT2D eigenvalue weighted by Gasteiger charge is -2.33. The number of nitrogens with one attached hydrogen (secondary N) is 1. The van der Waals surface area contributed by atoms with Gasteiger partial charge in [-0.15, -0.1) is 0 Å². The van der Waals surface area contributed by atoms with Crippen LogP contribution in [0, 0.1) is 0 Å². The van der Waals surface area contributed by atoms with Crippen LogP contribution in [0.15, 0.2) is 42.5 Å². The van der Waals surface area contributed by atoms with Gasteiger partial charge in [-0.3, -0.25) is 13.9 Å². The van der Waals surface area contributed by atoms with Gasteiger partial charge >= 0.3 is 0 Å². The molecule has 0 radical (unpaired) electrons. The number of halogens is 2. The van der Waals surface area contributed by atoms with Gasteiger partial charge in [0.15, 0.2) is 0 Å². The standard InChI is InChI=1S/C24H31Cl2N3O5S/c1-6-22(24(31)27-16(2)3)28(14-17-7-12-20(25)21(26)13-17)23(30)15-29(35(5,32)33)18-8-10-19(34-4)11-9-18/h7-13,16,22H,6,14-15H2,1-5H3,(H,27,31)/t22-/m0/s1. The van der Waals surface area contributed by atoms with E-state index in [9.17, 15) is 18.0 Å². The molecule has 2 rings (SSSR count). The van der Waals surface area contributed by atoms with Crippen molar-refractivity contribution in [3.05, 3.63) is 58.1 Å². The van der Waals surface area contributed by atoms with E-state index in [1.54, 1.807) is 49.4 Å². The van der Waals surface area contributed by atoms with Crippen molar-refractivity contribution in [2.45, 2.75) is 45.8 Å². The van der Waals surface area contributed by atoms with Crippen LogP contribution in [0.5, 0.6) is 5.75 Å². The molecule has 1 N–H and O–H groups in total. The molecule has 192 valence electrons. The van der Waals surface area contributed by atoms with Crippen LogP contribution in [0.2, 0.25) is 10.0 Å². The summed E-state index contributed by atoms with van der Waals surface area (Å²) < 4.78 is 31.4. The van der Waals surface area contributed by atoms with Gasteiger partial charge in [-0.2, -0.15) is 0 Å². The average Bonchev–Trinajstić information content (AvgIpc) is 2.78. The van der Waals surface area contributed by atoms with E-state index in [-0.39, 0.29) is 18.5 Å². The molecule has 2 amide bonds. The summed E-state index contributed by atoms with van der Waals surface area (Å²) in [4.78, 5) is 27.9. The Hall–Kier alpha value is -2.49. The SMILES string of the molecule is CC[C@@H](C(=O)NC(C)C)N(Cc1ccc(Cl)c(Cl)c1)C(=O)CN(c1ccc(OC)cc1)S(C)(=O)=O. The second kappa shape index (κ2) is 12.5. The summed E-state index contributed by atoms with van der Waals surface area (Å²) in [6, 6.07) is 10.3. The summed E-state index contributed by atoms with van der Waals surface area (Å²) in [5.74, 6) is -0.319. The minimum atomic E-state index is -3.82. The van der Waals surface area contributed by atoms with Gasteiger partial charge in [-0.05, 0) is 62.2 Å². The number of benzene rings is 2. The second-order valence-electron chi connectivity index (χ2n) is 8.33. The van der Waals surface area contributed by atoms with Crippen LogP contribution < -0.4 is 14.4 Å². The summed E-state index contributed by atoms with van der Waals surface area (Å²) in [7, 11) is -2.32. The summed E-state index contributed by atoms with van der Waals surface area (Å²) in [6.07, 6.45) is 1.35. The molecular formula is C24H31Cl2N3O5S. The summed E-state index contributed by atoms with van der Waals surface area (Å²) in [6.45, 7) is 4.99. The average molecular weight is 545 g/mol. The zero-order chi connectivity index (χ0) is 26.3. The Morgan fingerprint density at radius 1 is 1.06 bits per heavy atom. The van der Waals surface area contributed by atoms with E-state index in [4.69, 9.17) is 27.9 Å². The van der Waals surface area contributed by atoms with Crippen LogP contribution in [0.3, 0.4) is 0 Å². The molecule has 35 heavy (non-hydrogen) atoms. The number of carbonyl (C=O) groups excluding carboxylic acids is 2. The highest BCUT2D eigenvalue weighted by Gasteiger charge is 2.32. The van der Waals surface area contributed by atoms with Crippen LogP contribution in [0.25, 0.3) is 0 Å². The third-order valence-electron chi connectivity index (χ3n) is 5.19. The number of hydrogen-bond acceptors (Lipinski definition) is 5. The van der Waals surface area contributed by atoms with Crippen molar-refractivity contribution in [1.82, 2.24) is 10.2 Å². The molecule has 0 aromatic heterocycles. The molecule has 8 nitrogen and oxygen atoms in total. The van der Waals surface area contributed by atoms with Crippen molar-refractivity contribution in [1.29, 1.82) is 0 Å². The van der Waals surface area contributed by atoms with E-state index in [0.29, 0.717) is 33.5 Å². The Morgan fingerprint density at radius 2 is 1.69 bits per heavy atom. The number of ether oxygens (including phenoxy) is 1. The molecule has 0 fully saturated rings. The number of methoxy groups -OCH3 is 1. The maximum atomic E-state index is 13.6. The first-order valence-electron chi connectivity index (χ1n) is 11.0. The molecule has 2 aromatic carbocycles. The minimum Gasteiger partial charge on any atom is -0.497 e. The van der Waals surface area contributed by atoms with Crippen LogP contribution in [-0.2, 0) is 26.2 Å². The van der Waals surface area contributed by atoms with Gasteiger partial charge in [0.25, 0.3) is 0 Å². The number of anilines is 1. The predicted molar refractivity (Wildman–Crippen MR) is 140 cm³/mol. The van der Waals surface area contributed by atoms with Crippen molar-refractivity contribution in [2.75, 3.05) is 24.2 Å². The molecule has 0 aliphatic rings. The highest BCUT2D eigenvalue weighted by molar-refractivity contribution is 7.92. The highest BCUT2D eigenvalue weighted by atomic mass is 35.5. The molecular weight excluding hydrogens is 513 g/mol. The number of amides is 2. The topological polar surface area (TPSA) is 96.0 Å². The zero-order valence-corrected chi connectivity index (χ0v) is 22.7. The highest BCUT2D eigenvalue weighted by Crippen LogP contribution is 2.25. The minimum absolute atomic E-state index is 0.0416. The van der Waals surface area contributed by atoms with E-state index in [1.807, 2.05) is 13.8 Å². The lowest BCUT2D eigenvalue weighted by atomic mass is 10.1. The Morgan fingerprint density at radius 3 is 2.17 bits per heavy atom. The number of rotatable bonds is 11. The maximum Gasteiger partial charge on any atom is 0.244 e. The van der Waals surface area contributed by atoms with E-state index < -0.39 is 28.5 Å². The summed E-state index contributed by atoms with van der Waals surface area (Å²) >= 11 is 12.2. The first-order valence-corrected chi connectivity index (χ1v) is 13.6. The summed E-state index contributed by atoms with van der Waals surface area (Å²) in [5, 5.41) is 3.51. The number of nitrogens with zero attached hydrogens (tertiary/aromatic N) is 2. The smallest absolute Gasteiger partial charge is 0.244 e. The van der Waals surface area contributed by atoms with Crippen molar-refractivity contribution < 1.29 is 22.7 Å². The number of sulfonamides is 1. The van der Waals surface area contributed by atoms with Gasteiger partial charge in [-0.1, -0.05) is 36.2 Å². The van der Waals surface area contributed by atoms with Crippen LogP contribution in [0.4, 0.5) is 5.69 Å². The van der Waals surface area contributed by atoms with Crippen LogP contribution in [0.1, 0.15) is 32.8 Å². The van der Waals surface area contributed by atoms with Crippen LogP contribution in [-0.4, -0.2) is 57.1 Å². The van der Waals surface area contributed by atoms with Gasteiger partial charge in [0.1, 0.15) is 18.3 Å². The second-order valence-corrected chi connectivity index (χ2v) is 11.0. The lowest BCUT2D eigenvalue weighted by Crippen LogP contribution is -2.53. The summed E-state index contributed by atoms with van der Waals surface area (Å²) in [5.41, 5.74) is 0.953. The molecule has 2 aromatic rings. The molecule has 11 heteroatoms. The quantitative estimate of drug-likeness (QED) is 0.460. The monoisotopic (exact) mass is 543 g/mol.